The van der Waals surface area contributed by atoms with Crippen LogP contribution >= 0.6 is 0 Å². The molecule has 3 unspecified atom stereocenters. The monoisotopic (exact) mass is 404 g/mol. The summed E-state index contributed by atoms with van der Waals surface area (Å²) in [5, 5.41) is 31.3. The van der Waals surface area contributed by atoms with Crippen LogP contribution in [0.15, 0.2) is 30.3 Å². The predicted molar refractivity (Wildman–Crippen MR) is 112 cm³/mol. The minimum Gasteiger partial charge on any atom is -0.495 e. The number of nitrogens with zero attached hydrogens (tertiary/aromatic N) is 1. The summed E-state index contributed by atoms with van der Waals surface area (Å²) in [4.78, 5) is 1.86. The minimum absolute atomic E-state index is 0.334. The number of anilines is 4. The Kier molecular flexibility index (Phi) is 6.21. The fourth-order valence-electron chi connectivity index (χ4n) is 3.78. The number of nitrogen functional groups attached to an aromatic ring is 3. The van der Waals surface area contributed by atoms with E-state index < -0.39 is 18.1 Å². The van der Waals surface area contributed by atoms with Gasteiger partial charge in [0.1, 0.15) is 18.1 Å². The molecule has 9 N–H and O–H groups in total. The molecule has 1 heterocycles. The molecule has 0 saturated heterocycles. The van der Waals surface area contributed by atoms with Crippen molar-refractivity contribution in [1.82, 2.24) is 0 Å². The first-order valence-corrected chi connectivity index (χ1v) is 9.32. The van der Waals surface area contributed by atoms with Gasteiger partial charge in [0.05, 0.1) is 50.4 Å². The van der Waals surface area contributed by atoms with Crippen LogP contribution in [0.2, 0.25) is 0 Å². The molecule has 0 saturated carbocycles. The number of fused-ring (bicyclic) bond motifs is 1. The van der Waals surface area contributed by atoms with Gasteiger partial charge in [-0.25, -0.2) is 0 Å². The molecule has 29 heavy (non-hydrogen) atoms. The largest absolute Gasteiger partial charge is 0.495 e. The molecular formula is C20H28N4O5. The van der Waals surface area contributed by atoms with E-state index in [0.29, 0.717) is 53.0 Å². The molecule has 2 aromatic rings. The molecule has 3 atom stereocenters. The molecule has 9 nitrogen and oxygen atoms in total. The maximum atomic E-state index is 11.1. The van der Waals surface area contributed by atoms with E-state index in [-0.39, 0.29) is 13.2 Å². The summed E-state index contributed by atoms with van der Waals surface area (Å²) < 4.78 is 10.8. The van der Waals surface area contributed by atoms with Gasteiger partial charge < -0.3 is 46.9 Å². The number of benzene rings is 2. The lowest BCUT2D eigenvalue weighted by Crippen LogP contribution is -2.52. The summed E-state index contributed by atoms with van der Waals surface area (Å²) in [5.41, 5.74) is 20.4. The predicted octanol–water partition coefficient (Wildman–Crippen LogP) is 0.139. The summed E-state index contributed by atoms with van der Waals surface area (Å²) in [6, 6.07) is 7.65. The lowest BCUT2D eigenvalue weighted by molar-refractivity contribution is 0.0578. The summed E-state index contributed by atoms with van der Waals surface area (Å²) in [7, 11) is 1.48. The van der Waals surface area contributed by atoms with Gasteiger partial charge in [0, 0.05) is 29.4 Å². The first kappa shape index (κ1) is 20.8. The zero-order valence-electron chi connectivity index (χ0n) is 16.3. The Hall–Kier alpha value is -2.88. The first-order chi connectivity index (χ1) is 13.9. The molecule has 3 rings (SSSR count). The Morgan fingerprint density at radius 2 is 1.86 bits per heavy atom. The van der Waals surface area contributed by atoms with Crippen LogP contribution in [0, 0.1) is 0 Å². The molecule has 0 bridgehead atoms. The number of aliphatic hydroxyl groups is 3. The second kappa shape index (κ2) is 8.64. The summed E-state index contributed by atoms with van der Waals surface area (Å²) in [5.74, 6) is 0.229. The Morgan fingerprint density at radius 1 is 1.10 bits per heavy atom. The first-order valence-electron chi connectivity index (χ1n) is 9.32. The van der Waals surface area contributed by atoms with E-state index in [1.54, 1.807) is 30.3 Å². The van der Waals surface area contributed by atoms with E-state index >= 15 is 0 Å². The minimum atomic E-state index is -1.14. The lowest BCUT2D eigenvalue weighted by atomic mass is 9.87. The number of rotatable bonds is 7. The number of methoxy groups -OCH3 is 1. The topological polar surface area (TPSA) is 160 Å². The number of hydrogen-bond donors (Lipinski definition) is 6. The number of aliphatic hydroxyl groups excluding tert-OH is 3. The Bertz CT molecular complexity index is 863. The molecule has 0 spiro atoms. The van der Waals surface area contributed by atoms with E-state index in [1.807, 2.05) is 4.90 Å². The second-order valence-electron chi connectivity index (χ2n) is 7.02. The Balaban J connectivity index is 1.95. The van der Waals surface area contributed by atoms with Crippen LogP contribution < -0.4 is 31.6 Å². The van der Waals surface area contributed by atoms with Crippen molar-refractivity contribution in [3.63, 3.8) is 0 Å². The highest BCUT2D eigenvalue weighted by molar-refractivity contribution is 5.67. The van der Waals surface area contributed by atoms with Crippen molar-refractivity contribution >= 4 is 22.7 Å². The van der Waals surface area contributed by atoms with Crippen molar-refractivity contribution in [3.8, 4) is 11.5 Å². The zero-order chi connectivity index (χ0) is 21.1. The van der Waals surface area contributed by atoms with Gasteiger partial charge in [-0.2, -0.15) is 0 Å². The van der Waals surface area contributed by atoms with Gasteiger partial charge in [-0.1, -0.05) is 0 Å². The van der Waals surface area contributed by atoms with Crippen LogP contribution in [0.25, 0.3) is 0 Å². The zero-order valence-corrected chi connectivity index (χ0v) is 16.3. The van der Waals surface area contributed by atoms with Gasteiger partial charge >= 0.3 is 0 Å². The van der Waals surface area contributed by atoms with Crippen molar-refractivity contribution in [2.45, 2.75) is 18.1 Å². The van der Waals surface area contributed by atoms with Crippen LogP contribution in [0.5, 0.6) is 11.5 Å². The molecule has 0 radical (unpaired) electrons. The Labute approximate surface area is 169 Å². The normalized spacial score (nSPS) is 16.5. The summed E-state index contributed by atoms with van der Waals surface area (Å²) in [6.45, 7) is 0.109. The van der Waals surface area contributed by atoms with Crippen LogP contribution in [0.4, 0.5) is 22.7 Å². The maximum Gasteiger partial charge on any atom is 0.144 e. The van der Waals surface area contributed by atoms with E-state index in [1.165, 1.54) is 7.11 Å². The molecule has 0 aliphatic carbocycles. The molecule has 0 aromatic heterocycles. The van der Waals surface area contributed by atoms with Gasteiger partial charge in [-0.05, 0) is 23.8 Å². The molecule has 0 amide bonds. The maximum absolute atomic E-state index is 11.1. The van der Waals surface area contributed by atoms with E-state index in [2.05, 4.69) is 0 Å². The van der Waals surface area contributed by atoms with Crippen molar-refractivity contribution in [1.29, 1.82) is 0 Å². The number of hydrogen-bond acceptors (Lipinski definition) is 9. The SMILES string of the molecule is COc1cc(N)c(C(CO)C(O)C(CO)N2CCOc3cc(N)ccc32)cc1N. The molecule has 0 fully saturated rings. The lowest BCUT2D eigenvalue weighted by Gasteiger charge is -2.41. The molecule has 1 aliphatic rings. The van der Waals surface area contributed by atoms with E-state index in [9.17, 15) is 15.3 Å². The van der Waals surface area contributed by atoms with Crippen LogP contribution in [0.1, 0.15) is 11.5 Å². The van der Waals surface area contributed by atoms with E-state index in [4.69, 9.17) is 26.7 Å². The molecule has 158 valence electrons. The van der Waals surface area contributed by atoms with E-state index in [0.717, 1.165) is 0 Å². The standard InChI is InChI=1S/C20H28N4O5/c1-28-18-8-14(22)12(7-15(18)23)13(9-25)20(27)17(10-26)24-4-5-29-19-6-11(21)2-3-16(19)24/h2-3,6-8,13,17,20,25-27H,4-5,9-10,21-23H2,1H3. The average molecular weight is 404 g/mol. The smallest absolute Gasteiger partial charge is 0.144 e. The van der Waals surface area contributed by atoms with Gasteiger partial charge in [-0.15, -0.1) is 0 Å². The van der Waals surface area contributed by atoms with Gasteiger partial charge in [0.2, 0.25) is 0 Å². The number of ether oxygens (including phenoxy) is 2. The third-order valence-corrected chi connectivity index (χ3v) is 5.31. The van der Waals surface area contributed by atoms with Crippen molar-refractivity contribution in [3.05, 3.63) is 35.9 Å². The fraction of sp³-hybridized carbons (Fsp3) is 0.400. The highest BCUT2D eigenvalue weighted by Crippen LogP contribution is 2.38. The highest BCUT2D eigenvalue weighted by atomic mass is 16.5. The van der Waals surface area contributed by atoms with Crippen molar-refractivity contribution in [2.75, 3.05) is 55.6 Å². The second-order valence-corrected chi connectivity index (χ2v) is 7.02. The molecule has 2 aromatic carbocycles. The summed E-state index contributed by atoms with van der Waals surface area (Å²) in [6.07, 6.45) is -1.14. The third-order valence-electron chi connectivity index (χ3n) is 5.31. The number of nitrogens with two attached hydrogens (primary N) is 3. The third kappa shape index (κ3) is 3.98. The molecular weight excluding hydrogens is 376 g/mol. The van der Waals surface area contributed by atoms with Gasteiger partial charge in [0.25, 0.3) is 0 Å². The van der Waals surface area contributed by atoms with Crippen LogP contribution in [-0.2, 0) is 0 Å². The summed E-state index contributed by atoms with van der Waals surface area (Å²) >= 11 is 0. The molecule has 9 heteroatoms. The van der Waals surface area contributed by atoms with Crippen LogP contribution in [0.3, 0.4) is 0 Å². The quantitative estimate of drug-likeness (QED) is 0.353. The van der Waals surface area contributed by atoms with Gasteiger partial charge in [0.15, 0.2) is 0 Å². The van der Waals surface area contributed by atoms with Crippen LogP contribution in [-0.4, -0.2) is 60.9 Å². The fourth-order valence-corrected chi connectivity index (χ4v) is 3.78. The Morgan fingerprint density at radius 3 is 2.52 bits per heavy atom. The molecule has 1 aliphatic heterocycles. The van der Waals surface area contributed by atoms with Crippen molar-refractivity contribution < 1.29 is 24.8 Å². The highest BCUT2D eigenvalue weighted by Gasteiger charge is 2.36. The van der Waals surface area contributed by atoms with Crippen molar-refractivity contribution in [2.24, 2.45) is 0 Å². The van der Waals surface area contributed by atoms with Gasteiger partial charge in [-0.3, -0.25) is 0 Å². The average Bonchev–Trinajstić information content (AvgIpc) is 2.71.